The Morgan fingerprint density at radius 2 is 2.27 bits per heavy atom. The van der Waals surface area contributed by atoms with E-state index in [1.54, 1.807) is 19.1 Å². The summed E-state index contributed by atoms with van der Waals surface area (Å²) in [6, 6.07) is 5.64. The second-order valence-corrected chi connectivity index (χ2v) is 3.58. The Labute approximate surface area is 88.6 Å². The molecular weight excluding hydrogens is 192 g/mol. The normalized spacial score (nSPS) is 19.3. The lowest BCUT2D eigenvalue weighted by Gasteiger charge is -2.10. The third-order valence-corrected chi connectivity index (χ3v) is 2.84. The van der Waals surface area contributed by atoms with E-state index in [4.69, 9.17) is 10.5 Å². The third kappa shape index (κ3) is 1.29. The molecule has 4 heteroatoms. The van der Waals surface area contributed by atoms with E-state index in [1.165, 1.54) is 0 Å². The number of nitrogens with two attached hydrogens (primary N) is 1. The minimum Gasteiger partial charge on any atom is -0.496 e. The van der Waals surface area contributed by atoms with Gasteiger partial charge in [-0.1, -0.05) is 6.07 Å². The van der Waals surface area contributed by atoms with Gasteiger partial charge < -0.3 is 15.4 Å². The Morgan fingerprint density at radius 1 is 1.53 bits per heavy atom. The summed E-state index contributed by atoms with van der Waals surface area (Å²) in [5, 5.41) is 0. The molecule has 1 unspecified atom stereocenters. The predicted octanol–water partition coefficient (Wildman–Crippen LogP) is 0.714. The van der Waals surface area contributed by atoms with Crippen LogP contribution in [0.5, 0.6) is 5.75 Å². The van der Waals surface area contributed by atoms with E-state index in [0.29, 0.717) is 6.54 Å². The summed E-state index contributed by atoms with van der Waals surface area (Å²) in [5.41, 5.74) is 7.43. The molecule has 0 radical (unpaired) electrons. The molecule has 2 N–H and O–H groups in total. The van der Waals surface area contributed by atoms with Crippen molar-refractivity contribution in [2.24, 2.45) is 5.73 Å². The molecule has 0 saturated carbocycles. The highest BCUT2D eigenvalue weighted by atomic mass is 16.5. The zero-order valence-electron chi connectivity index (χ0n) is 8.86. The van der Waals surface area contributed by atoms with E-state index in [1.807, 2.05) is 18.2 Å². The zero-order valence-corrected chi connectivity index (χ0v) is 8.86. The van der Waals surface area contributed by atoms with E-state index in [0.717, 1.165) is 17.0 Å². The van der Waals surface area contributed by atoms with E-state index >= 15 is 0 Å². The average molecular weight is 206 g/mol. The Hall–Kier alpha value is -1.55. The number of hydrogen-bond acceptors (Lipinski definition) is 3. The fraction of sp³-hybridized carbons (Fsp3) is 0.364. The number of methoxy groups -OCH3 is 1. The highest BCUT2D eigenvalue weighted by molar-refractivity contribution is 6.05. The van der Waals surface area contributed by atoms with E-state index in [2.05, 4.69) is 0 Å². The van der Waals surface area contributed by atoms with Crippen molar-refractivity contribution >= 4 is 11.6 Å². The molecule has 80 valence electrons. The molecule has 1 aliphatic heterocycles. The number of anilines is 1. The molecule has 1 aromatic carbocycles. The second kappa shape index (κ2) is 3.55. The number of ether oxygens (including phenoxy) is 1. The third-order valence-electron chi connectivity index (χ3n) is 2.84. The number of carbonyl (C=O) groups is 1. The lowest BCUT2D eigenvalue weighted by atomic mass is 10.00. The molecule has 0 fully saturated rings. The first-order valence-electron chi connectivity index (χ1n) is 4.85. The highest BCUT2D eigenvalue weighted by Gasteiger charge is 2.36. The number of benzene rings is 1. The van der Waals surface area contributed by atoms with Gasteiger partial charge >= 0.3 is 0 Å². The van der Waals surface area contributed by atoms with Gasteiger partial charge in [-0.05, 0) is 12.1 Å². The molecule has 0 saturated heterocycles. The number of hydrogen-bond donors (Lipinski definition) is 1. The molecule has 0 spiro atoms. The van der Waals surface area contributed by atoms with Gasteiger partial charge in [0.05, 0.1) is 18.7 Å². The second-order valence-electron chi connectivity index (χ2n) is 3.58. The first-order valence-corrected chi connectivity index (χ1v) is 4.85. The van der Waals surface area contributed by atoms with Gasteiger partial charge in [-0.3, -0.25) is 4.79 Å². The van der Waals surface area contributed by atoms with E-state index < -0.39 is 0 Å². The molecule has 0 bridgehead atoms. The fourth-order valence-electron chi connectivity index (χ4n) is 2.05. The van der Waals surface area contributed by atoms with Crippen molar-refractivity contribution in [3.8, 4) is 5.75 Å². The van der Waals surface area contributed by atoms with E-state index in [-0.39, 0.29) is 11.8 Å². The lowest BCUT2D eigenvalue weighted by molar-refractivity contribution is -0.118. The number of carbonyl (C=O) groups excluding carboxylic acids is 1. The van der Waals surface area contributed by atoms with Gasteiger partial charge in [0.15, 0.2) is 0 Å². The van der Waals surface area contributed by atoms with Gasteiger partial charge in [0, 0.05) is 19.2 Å². The van der Waals surface area contributed by atoms with Crippen LogP contribution in [0.15, 0.2) is 18.2 Å². The van der Waals surface area contributed by atoms with Crippen LogP contribution in [0.1, 0.15) is 11.5 Å². The molecule has 0 aliphatic carbocycles. The first-order chi connectivity index (χ1) is 7.20. The topological polar surface area (TPSA) is 55.6 Å². The molecule has 1 atom stereocenters. The fourth-order valence-corrected chi connectivity index (χ4v) is 2.05. The minimum atomic E-state index is -0.263. The summed E-state index contributed by atoms with van der Waals surface area (Å²) in [6.45, 7) is 0.316. The maximum atomic E-state index is 11.9. The standard InChI is InChI=1S/C11H14N2O2/c1-13-8-4-3-5-9(15-2)10(8)7(6-12)11(13)14/h3-5,7H,6,12H2,1-2H3. The number of rotatable bonds is 2. The van der Waals surface area contributed by atoms with Crippen LogP contribution in [-0.2, 0) is 4.79 Å². The van der Waals surface area contributed by atoms with Crippen molar-refractivity contribution < 1.29 is 9.53 Å². The molecule has 1 aliphatic rings. The van der Waals surface area contributed by atoms with Crippen LogP contribution in [0, 0.1) is 0 Å². The van der Waals surface area contributed by atoms with Crippen molar-refractivity contribution in [1.29, 1.82) is 0 Å². The Balaban J connectivity index is 2.60. The van der Waals surface area contributed by atoms with Crippen LogP contribution in [-0.4, -0.2) is 26.6 Å². The zero-order chi connectivity index (χ0) is 11.0. The largest absolute Gasteiger partial charge is 0.496 e. The number of fused-ring (bicyclic) bond motifs is 1. The molecule has 4 nitrogen and oxygen atoms in total. The van der Waals surface area contributed by atoms with Crippen LogP contribution in [0.3, 0.4) is 0 Å². The van der Waals surface area contributed by atoms with Gasteiger partial charge in [-0.2, -0.15) is 0 Å². The van der Waals surface area contributed by atoms with Crippen molar-refractivity contribution in [3.05, 3.63) is 23.8 Å². The van der Waals surface area contributed by atoms with Crippen LogP contribution in [0.25, 0.3) is 0 Å². The smallest absolute Gasteiger partial charge is 0.235 e. The Morgan fingerprint density at radius 3 is 2.87 bits per heavy atom. The molecule has 0 aromatic heterocycles. The summed E-state index contributed by atoms with van der Waals surface area (Å²) in [6.07, 6.45) is 0. The molecule has 1 amide bonds. The van der Waals surface area contributed by atoms with Gasteiger partial charge in [-0.25, -0.2) is 0 Å². The summed E-state index contributed by atoms with van der Waals surface area (Å²) in [4.78, 5) is 13.5. The van der Waals surface area contributed by atoms with Gasteiger partial charge in [0.25, 0.3) is 0 Å². The maximum Gasteiger partial charge on any atom is 0.235 e. The van der Waals surface area contributed by atoms with Crippen LogP contribution in [0.2, 0.25) is 0 Å². The monoisotopic (exact) mass is 206 g/mol. The summed E-state index contributed by atoms with van der Waals surface area (Å²) >= 11 is 0. The highest BCUT2D eigenvalue weighted by Crippen LogP contribution is 2.41. The average Bonchev–Trinajstić information content (AvgIpc) is 2.52. The maximum absolute atomic E-state index is 11.9. The molecular formula is C11H14N2O2. The summed E-state index contributed by atoms with van der Waals surface area (Å²) in [7, 11) is 3.36. The minimum absolute atomic E-state index is 0.0389. The van der Waals surface area contributed by atoms with Crippen LogP contribution in [0.4, 0.5) is 5.69 Å². The van der Waals surface area contributed by atoms with E-state index in [9.17, 15) is 4.79 Å². The van der Waals surface area contributed by atoms with Crippen LogP contribution < -0.4 is 15.4 Å². The Kier molecular flexibility index (Phi) is 2.36. The molecule has 1 heterocycles. The van der Waals surface area contributed by atoms with Crippen molar-refractivity contribution in [2.45, 2.75) is 5.92 Å². The van der Waals surface area contributed by atoms with Gasteiger partial charge in [-0.15, -0.1) is 0 Å². The number of nitrogens with zero attached hydrogens (tertiary/aromatic N) is 1. The predicted molar refractivity (Wildman–Crippen MR) is 58.2 cm³/mol. The van der Waals surface area contributed by atoms with Crippen molar-refractivity contribution in [3.63, 3.8) is 0 Å². The lowest BCUT2D eigenvalue weighted by Crippen LogP contribution is -2.27. The van der Waals surface area contributed by atoms with Gasteiger partial charge in [0.1, 0.15) is 5.75 Å². The molecule has 2 rings (SSSR count). The van der Waals surface area contributed by atoms with Crippen molar-refractivity contribution in [1.82, 2.24) is 0 Å². The Bertz CT molecular complexity index is 404. The van der Waals surface area contributed by atoms with Gasteiger partial charge in [0.2, 0.25) is 5.91 Å². The molecule has 15 heavy (non-hydrogen) atoms. The first kappa shape index (κ1) is 9.98. The SMILES string of the molecule is COc1cccc2c1C(CN)C(=O)N2C. The molecule has 1 aromatic rings. The summed E-state index contributed by atoms with van der Waals surface area (Å²) in [5.74, 6) is 0.513. The number of likely N-dealkylation sites (N-methyl/N-ethyl adjacent to an activating group) is 1. The summed E-state index contributed by atoms with van der Waals surface area (Å²) < 4.78 is 5.25. The van der Waals surface area contributed by atoms with Crippen molar-refractivity contribution in [2.75, 3.05) is 25.6 Å². The quantitative estimate of drug-likeness (QED) is 0.775. The van der Waals surface area contributed by atoms with Crippen LogP contribution >= 0.6 is 0 Å². The number of amides is 1.